The number of rotatable bonds is 3. The van der Waals surface area contributed by atoms with E-state index in [4.69, 9.17) is 11.6 Å². The number of hydrogen-bond acceptors (Lipinski definition) is 4. The van der Waals surface area contributed by atoms with Crippen molar-refractivity contribution in [1.29, 1.82) is 0 Å². The summed E-state index contributed by atoms with van der Waals surface area (Å²) in [6, 6.07) is 7.08. The van der Waals surface area contributed by atoms with E-state index in [-0.39, 0.29) is 5.91 Å². The fourth-order valence-electron chi connectivity index (χ4n) is 2.43. The quantitative estimate of drug-likeness (QED) is 0.872. The van der Waals surface area contributed by atoms with Gasteiger partial charge in [-0.25, -0.2) is 4.98 Å². The zero-order chi connectivity index (χ0) is 14.7. The highest BCUT2D eigenvalue weighted by Crippen LogP contribution is 2.14. The number of halogens is 1. The molecule has 1 aliphatic rings. The van der Waals surface area contributed by atoms with E-state index in [2.05, 4.69) is 15.3 Å². The standard InChI is InChI=1S/C15H16ClN3OS/c16-13-3-1-12(2-4-13)15(20)19-7-5-18(6-8-19)9-14-10-21-11-17-14/h1-4,10-11H,5-9H2. The fourth-order valence-corrected chi connectivity index (χ4v) is 3.10. The average molecular weight is 322 g/mol. The first-order valence-electron chi connectivity index (χ1n) is 6.86. The van der Waals surface area contributed by atoms with Crippen molar-refractivity contribution >= 4 is 28.8 Å². The van der Waals surface area contributed by atoms with Crippen molar-refractivity contribution in [2.75, 3.05) is 26.2 Å². The summed E-state index contributed by atoms with van der Waals surface area (Å²) in [4.78, 5) is 20.9. The number of hydrogen-bond donors (Lipinski definition) is 0. The van der Waals surface area contributed by atoms with Crippen LogP contribution < -0.4 is 0 Å². The second-order valence-corrected chi connectivity index (χ2v) is 6.21. The summed E-state index contributed by atoms with van der Waals surface area (Å²) >= 11 is 7.47. The van der Waals surface area contributed by atoms with Crippen LogP contribution in [-0.2, 0) is 6.54 Å². The Bertz CT molecular complexity index is 592. The molecule has 0 bridgehead atoms. The third-order valence-corrected chi connectivity index (χ3v) is 4.51. The summed E-state index contributed by atoms with van der Waals surface area (Å²) in [6.45, 7) is 4.15. The van der Waals surface area contributed by atoms with E-state index in [1.165, 1.54) is 0 Å². The molecule has 1 fully saturated rings. The largest absolute Gasteiger partial charge is 0.336 e. The molecule has 0 saturated carbocycles. The van der Waals surface area contributed by atoms with Crippen LogP contribution in [0.1, 0.15) is 16.1 Å². The number of amides is 1. The maximum Gasteiger partial charge on any atom is 0.253 e. The number of aromatic nitrogens is 1. The second-order valence-electron chi connectivity index (χ2n) is 5.06. The smallest absolute Gasteiger partial charge is 0.253 e. The van der Waals surface area contributed by atoms with Gasteiger partial charge in [-0.15, -0.1) is 11.3 Å². The van der Waals surface area contributed by atoms with E-state index in [0.717, 1.165) is 38.4 Å². The highest BCUT2D eigenvalue weighted by molar-refractivity contribution is 7.07. The molecular formula is C15H16ClN3OS. The van der Waals surface area contributed by atoms with E-state index < -0.39 is 0 Å². The molecule has 1 aromatic heterocycles. The Kier molecular flexibility index (Phi) is 4.53. The SMILES string of the molecule is O=C(c1ccc(Cl)cc1)N1CCN(Cc2cscn2)CC1. The van der Waals surface area contributed by atoms with Crippen LogP contribution in [0.25, 0.3) is 0 Å². The van der Waals surface area contributed by atoms with Gasteiger partial charge in [0, 0.05) is 48.7 Å². The van der Waals surface area contributed by atoms with Gasteiger partial charge in [-0.3, -0.25) is 9.69 Å². The number of benzene rings is 1. The van der Waals surface area contributed by atoms with Gasteiger partial charge in [0.15, 0.2) is 0 Å². The Hall–Kier alpha value is -1.43. The summed E-state index contributed by atoms with van der Waals surface area (Å²) in [5, 5.41) is 2.73. The highest BCUT2D eigenvalue weighted by atomic mass is 35.5. The van der Waals surface area contributed by atoms with Crippen LogP contribution in [0.4, 0.5) is 0 Å². The van der Waals surface area contributed by atoms with Gasteiger partial charge in [-0.2, -0.15) is 0 Å². The molecule has 3 rings (SSSR count). The van der Waals surface area contributed by atoms with Crippen LogP contribution in [0.15, 0.2) is 35.2 Å². The molecule has 4 nitrogen and oxygen atoms in total. The molecule has 0 atom stereocenters. The molecule has 0 unspecified atom stereocenters. The Balaban J connectivity index is 1.55. The van der Waals surface area contributed by atoms with Crippen LogP contribution in [0.5, 0.6) is 0 Å². The first-order chi connectivity index (χ1) is 10.2. The summed E-state index contributed by atoms with van der Waals surface area (Å²) in [7, 11) is 0. The first kappa shape index (κ1) is 14.5. The molecule has 110 valence electrons. The van der Waals surface area contributed by atoms with E-state index in [1.54, 1.807) is 35.6 Å². The summed E-state index contributed by atoms with van der Waals surface area (Å²) in [6.07, 6.45) is 0. The predicted molar refractivity (Wildman–Crippen MR) is 84.7 cm³/mol. The van der Waals surface area contributed by atoms with Crippen molar-refractivity contribution in [3.63, 3.8) is 0 Å². The molecule has 0 N–H and O–H groups in total. The predicted octanol–water partition coefficient (Wildman–Crippen LogP) is 2.75. The zero-order valence-corrected chi connectivity index (χ0v) is 13.1. The monoisotopic (exact) mass is 321 g/mol. The number of carbonyl (C=O) groups excluding carboxylic acids is 1. The second kappa shape index (κ2) is 6.56. The molecule has 1 aromatic carbocycles. The molecule has 0 spiro atoms. The molecule has 0 radical (unpaired) electrons. The van der Waals surface area contributed by atoms with E-state index in [0.29, 0.717) is 10.6 Å². The summed E-state index contributed by atoms with van der Waals surface area (Å²) < 4.78 is 0. The molecular weight excluding hydrogens is 306 g/mol. The minimum absolute atomic E-state index is 0.0833. The lowest BCUT2D eigenvalue weighted by Crippen LogP contribution is -2.48. The molecule has 2 aromatic rings. The van der Waals surface area contributed by atoms with E-state index in [9.17, 15) is 4.79 Å². The van der Waals surface area contributed by atoms with Gasteiger partial charge >= 0.3 is 0 Å². The van der Waals surface area contributed by atoms with Crippen molar-refractivity contribution in [2.24, 2.45) is 0 Å². The Morgan fingerprint density at radius 3 is 2.52 bits per heavy atom. The van der Waals surface area contributed by atoms with Crippen molar-refractivity contribution in [1.82, 2.24) is 14.8 Å². The third-order valence-electron chi connectivity index (χ3n) is 3.62. The number of thiazole rings is 1. The minimum Gasteiger partial charge on any atom is -0.336 e. The van der Waals surface area contributed by atoms with Gasteiger partial charge in [0.2, 0.25) is 0 Å². The fraction of sp³-hybridized carbons (Fsp3) is 0.333. The highest BCUT2D eigenvalue weighted by Gasteiger charge is 2.22. The van der Waals surface area contributed by atoms with Crippen molar-refractivity contribution in [2.45, 2.75) is 6.54 Å². The number of nitrogens with zero attached hydrogens (tertiary/aromatic N) is 3. The number of carbonyl (C=O) groups is 1. The lowest BCUT2D eigenvalue weighted by atomic mass is 10.2. The molecule has 1 aliphatic heterocycles. The zero-order valence-electron chi connectivity index (χ0n) is 11.5. The van der Waals surface area contributed by atoms with Crippen LogP contribution in [0.2, 0.25) is 5.02 Å². The van der Waals surface area contributed by atoms with Crippen molar-refractivity contribution < 1.29 is 4.79 Å². The van der Waals surface area contributed by atoms with Crippen LogP contribution in [0.3, 0.4) is 0 Å². The summed E-state index contributed by atoms with van der Waals surface area (Å²) in [5.74, 6) is 0.0833. The van der Waals surface area contributed by atoms with Gasteiger partial charge in [-0.05, 0) is 24.3 Å². The molecule has 6 heteroatoms. The average Bonchev–Trinajstić information content (AvgIpc) is 3.01. The number of piperazine rings is 1. The Morgan fingerprint density at radius 2 is 1.90 bits per heavy atom. The van der Waals surface area contributed by atoms with Gasteiger partial charge in [0.1, 0.15) is 0 Å². The van der Waals surface area contributed by atoms with E-state index >= 15 is 0 Å². The lowest BCUT2D eigenvalue weighted by molar-refractivity contribution is 0.0627. The molecule has 2 heterocycles. The van der Waals surface area contributed by atoms with Crippen LogP contribution in [-0.4, -0.2) is 46.9 Å². The molecule has 21 heavy (non-hydrogen) atoms. The topological polar surface area (TPSA) is 36.4 Å². The van der Waals surface area contributed by atoms with Crippen LogP contribution in [0, 0.1) is 0 Å². The van der Waals surface area contributed by atoms with Gasteiger partial charge in [0.05, 0.1) is 11.2 Å². The Morgan fingerprint density at radius 1 is 1.19 bits per heavy atom. The normalized spacial score (nSPS) is 16.1. The summed E-state index contributed by atoms with van der Waals surface area (Å²) in [5.41, 5.74) is 3.67. The molecule has 1 saturated heterocycles. The Labute approximate surface area is 133 Å². The molecule has 1 amide bonds. The molecule has 0 aliphatic carbocycles. The van der Waals surface area contributed by atoms with Crippen molar-refractivity contribution in [3.05, 3.63) is 51.4 Å². The maximum absolute atomic E-state index is 12.4. The van der Waals surface area contributed by atoms with Gasteiger partial charge < -0.3 is 4.90 Å². The third kappa shape index (κ3) is 3.61. The minimum atomic E-state index is 0.0833. The van der Waals surface area contributed by atoms with Gasteiger partial charge in [0.25, 0.3) is 5.91 Å². The van der Waals surface area contributed by atoms with E-state index in [1.807, 2.05) is 10.4 Å². The maximum atomic E-state index is 12.4. The lowest BCUT2D eigenvalue weighted by Gasteiger charge is -2.34. The van der Waals surface area contributed by atoms with Crippen LogP contribution >= 0.6 is 22.9 Å². The first-order valence-corrected chi connectivity index (χ1v) is 8.19. The van der Waals surface area contributed by atoms with Gasteiger partial charge in [-0.1, -0.05) is 11.6 Å². The van der Waals surface area contributed by atoms with Crippen molar-refractivity contribution in [3.8, 4) is 0 Å².